The van der Waals surface area contributed by atoms with Gasteiger partial charge in [0.15, 0.2) is 0 Å². The van der Waals surface area contributed by atoms with Gasteiger partial charge in [-0.2, -0.15) is 13.2 Å². The lowest BCUT2D eigenvalue weighted by Crippen LogP contribution is -2.55. The summed E-state index contributed by atoms with van der Waals surface area (Å²) >= 11 is 0. The van der Waals surface area contributed by atoms with E-state index in [1.165, 1.54) is 20.8 Å². The first-order valence-electron chi connectivity index (χ1n) is 5.07. The van der Waals surface area contributed by atoms with Gasteiger partial charge in [0.2, 0.25) is 0 Å². The molecule has 2 N–H and O–H groups in total. The number of rotatable bonds is 2. The number of nitrogens with one attached hydrogen (secondary N) is 1. The van der Waals surface area contributed by atoms with Crippen LogP contribution in [0.5, 0.6) is 0 Å². The Morgan fingerprint density at radius 3 is 2.00 bits per heavy atom. The Balaban J connectivity index is 2.76. The van der Waals surface area contributed by atoms with Gasteiger partial charge in [-0.15, -0.1) is 0 Å². The monoisotopic (exact) mass is 239 g/mol. The van der Waals surface area contributed by atoms with E-state index in [1.807, 2.05) is 5.32 Å². The molecule has 0 radical (unpaired) electrons. The molecule has 3 nitrogen and oxygen atoms in total. The van der Waals surface area contributed by atoms with E-state index in [-0.39, 0.29) is 12.8 Å². The second-order valence-electron chi connectivity index (χ2n) is 5.35. The first kappa shape index (κ1) is 13.3. The van der Waals surface area contributed by atoms with E-state index in [4.69, 9.17) is 0 Å². The van der Waals surface area contributed by atoms with Gasteiger partial charge in [0.1, 0.15) is 11.6 Å². The molecular formula is C10H16F3NO2. The summed E-state index contributed by atoms with van der Waals surface area (Å²) in [6.45, 7) is 4.17. The van der Waals surface area contributed by atoms with Crippen LogP contribution >= 0.6 is 0 Å². The average Bonchev–Trinajstić information content (AvgIpc) is 2.75. The van der Waals surface area contributed by atoms with Gasteiger partial charge < -0.3 is 10.4 Å². The molecule has 1 aliphatic rings. The summed E-state index contributed by atoms with van der Waals surface area (Å²) in [7, 11) is 0. The van der Waals surface area contributed by atoms with Gasteiger partial charge in [0.05, 0.1) is 0 Å². The molecule has 0 saturated heterocycles. The Kier molecular flexibility index (Phi) is 3.00. The zero-order chi connectivity index (χ0) is 12.8. The van der Waals surface area contributed by atoms with E-state index < -0.39 is 29.1 Å². The molecule has 1 amide bonds. The van der Waals surface area contributed by atoms with Crippen molar-refractivity contribution in [3.63, 3.8) is 0 Å². The van der Waals surface area contributed by atoms with Crippen LogP contribution < -0.4 is 5.32 Å². The SMILES string of the molecule is CC(C)(C)C(NC(=O)C1(O)CC1)C(F)(F)F. The maximum absolute atomic E-state index is 12.7. The molecule has 1 aliphatic carbocycles. The fourth-order valence-corrected chi connectivity index (χ4v) is 1.40. The van der Waals surface area contributed by atoms with Crippen molar-refractivity contribution >= 4 is 5.91 Å². The van der Waals surface area contributed by atoms with Crippen LogP contribution in [0.25, 0.3) is 0 Å². The molecule has 6 heteroatoms. The number of alkyl halides is 3. The van der Waals surface area contributed by atoms with Crippen molar-refractivity contribution in [2.75, 3.05) is 0 Å². The first-order valence-corrected chi connectivity index (χ1v) is 5.07. The molecule has 0 aromatic heterocycles. The molecule has 16 heavy (non-hydrogen) atoms. The van der Waals surface area contributed by atoms with Crippen LogP contribution in [0.15, 0.2) is 0 Å². The quantitative estimate of drug-likeness (QED) is 0.769. The fourth-order valence-electron chi connectivity index (χ4n) is 1.40. The Hall–Kier alpha value is -0.780. The van der Waals surface area contributed by atoms with Crippen LogP contribution in [0.2, 0.25) is 0 Å². The minimum absolute atomic E-state index is 0.230. The molecule has 0 aliphatic heterocycles. The third kappa shape index (κ3) is 2.87. The average molecular weight is 239 g/mol. The van der Waals surface area contributed by atoms with Crippen LogP contribution in [-0.4, -0.2) is 28.8 Å². The number of hydrogen-bond donors (Lipinski definition) is 2. The van der Waals surface area contributed by atoms with Gasteiger partial charge in [-0.25, -0.2) is 0 Å². The van der Waals surface area contributed by atoms with E-state index in [2.05, 4.69) is 0 Å². The Bertz CT molecular complexity index is 275. The van der Waals surface area contributed by atoms with Gasteiger partial charge in [0, 0.05) is 0 Å². The molecule has 94 valence electrons. The summed E-state index contributed by atoms with van der Waals surface area (Å²) in [5.74, 6) is -0.926. The van der Waals surface area contributed by atoms with Crippen LogP contribution in [0.3, 0.4) is 0 Å². The van der Waals surface area contributed by atoms with Crippen molar-refractivity contribution in [3.8, 4) is 0 Å². The largest absolute Gasteiger partial charge is 0.409 e. The van der Waals surface area contributed by atoms with Crippen molar-refractivity contribution in [2.24, 2.45) is 5.41 Å². The number of amides is 1. The molecule has 0 aromatic carbocycles. The molecule has 0 heterocycles. The smallest absolute Gasteiger partial charge is 0.380 e. The predicted octanol–water partition coefficient (Wildman–Crippen LogP) is 1.60. The number of halogens is 3. The van der Waals surface area contributed by atoms with Crippen LogP contribution in [0.1, 0.15) is 33.6 Å². The molecule has 1 fully saturated rings. The zero-order valence-corrected chi connectivity index (χ0v) is 9.48. The molecule has 0 aromatic rings. The number of carbonyl (C=O) groups excluding carboxylic acids is 1. The first-order chi connectivity index (χ1) is 6.97. The van der Waals surface area contributed by atoms with E-state index in [0.29, 0.717) is 0 Å². The number of carbonyl (C=O) groups is 1. The van der Waals surface area contributed by atoms with Crippen LogP contribution in [0, 0.1) is 5.41 Å². The normalized spacial score (nSPS) is 21.4. The summed E-state index contributed by atoms with van der Waals surface area (Å²) in [6, 6.07) is -1.95. The highest BCUT2D eigenvalue weighted by Crippen LogP contribution is 2.38. The number of aliphatic hydroxyl groups is 1. The molecule has 1 unspecified atom stereocenters. The minimum Gasteiger partial charge on any atom is -0.380 e. The van der Waals surface area contributed by atoms with E-state index in [0.717, 1.165) is 0 Å². The van der Waals surface area contributed by atoms with E-state index >= 15 is 0 Å². The molecule has 1 atom stereocenters. The van der Waals surface area contributed by atoms with Crippen molar-refractivity contribution < 1.29 is 23.1 Å². The third-order valence-corrected chi connectivity index (χ3v) is 2.62. The second-order valence-corrected chi connectivity index (χ2v) is 5.35. The summed E-state index contributed by atoms with van der Waals surface area (Å²) in [5.41, 5.74) is -2.71. The van der Waals surface area contributed by atoms with E-state index in [9.17, 15) is 23.1 Å². The van der Waals surface area contributed by atoms with Crippen LogP contribution in [-0.2, 0) is 4.79 Å². The lowest BCUT2D eigenvalue weighted by atomic mass is 9.86. The minimum atomic E-state index is -4.51. The van der Waals surface area contributed by atoms with Gasteiger partial charge in [-0.3, -0.25) is 4.79 Å². The molecule has 1 rings (SSSR count). The van der Waals surface area contributed by atoms with Gasteiger partial charge in [0.25, 0.3) is 5.91 Å². The Labute approximate surface area is 92.0 Å². The van der Waals surface area contributed by atoms with Gasteiger partial charge >= 0.3 is 6.18 Å². The summed E-state index contributed by atoms with van der Waals surface area (Å²) in [6.07, 6.45) is -4.06. The Morgan fingerprint density at radius 2 is 1.75 bits per heavy atom. The predicted molar refractivity (Wildman–Crippen MR) is 51.6 cm³/mol. The molecule has 1 saturated carbocycles. The van der Waals surface area contributed by atoms with Crippen LogP contribution in [0.4, 0.5) is 13.2 Å². The Morgan fingerprint density at radius 1 is 1.31 bits per heavy atom. The van der Waals surface area contributed by atoms with Crippen molar-refractivity contribution in [1.29, 1.82) is 0 Å². The van der Waals surface area contributed by atoms with Gasteiger partial charge in [-0.1, -0.05) is 20.8 Å². The highest BCUT2D eigenvalue weighted by molar-refractivity contribution is 5.88. The zero-order valence-electron chi connectivity index (χ0n) is 9.48. The highest BCUT2D eigenvalue weighted by Gasteiger charge is 2.53. The summed E-state index contributed by atoms with van der Waals surface area (Å²) in [5, 5.41) is 11.3. The molecule has 0 bridgehead atoms. The highest BCUT2D eigenvalue weighted by atomic mass is 19.4. The maximum atomic E-state index is 12.7. The lowest BCUT2D eigenvalue weighted by Gasteiger charge is -2.33. The summed E-state index contributed by atoms with van der Waals surface area (Å²) < 4.78 is 38.1. The lowest BCUT2D eigenvalue weighted by molar-refractivity contribution is -0.183. The van der Waals surface area contributed by atoms with Crippen molar-refractivity contribution in [2.45, 2.75) is 51.4 Å². The molecular weight excluding hydrogens is 223 g/mol. The summed E-state index contributed by atoms with van der Waals surface area (Å²) in [4.78, 5) is 11.4. The number of hydrogen-bond acceptors (Lipinski definition) is 2. The standard InChI is InChI=1S/C10H16F3NO2/c1-8(2,3)6(10(11,12)13)14-7(15)9(16)4-5-9/h6,16H,4-5H2,1-3H3,(H,14,15). The van der Waals surface area contributed by atoms with Crippen molar-refractivity contribution in [1.82, 2.24) is 5.32 Å². The fraction of sp³-hybridized carbons (Fsp3) is 0.900. The van der Waals surface area contributed by atoms with Gasteiger partial charge in [-0.05, 0) is 18.3 Å². The maximum Gasteiger partial charge on any atom is 0.409 e. The molecule has 0 spiro atoms. The topological polar surface area (TPSA) is 49.3 Å². The van der Waals surface area contributed by atoms with E-state index in [1.54, 1.807) is 0 Å². The third-order valence-electron chi connectivity index (χ3n) is 2.62. The van der Waals surface area contributed by atoms with Crippen molar-refractivity contribution in [3.05, 3.63) is 0 Å². The second kappa shape index (κ2) is 3.61.